The lowest BCUT2D eigenvalue weighted by Crippen LogP contribution is -2.48. The quantitative estimate of drug-likeness (QED) is 0.316. The Morgan fingerprint density at radius 1 is 1.12 bits per heavy atom. The van der Waals surface area contributed by atoms with Crippen LogP contribution in [0.3, 0.4) is 0 Å². The molecule has 0 bridgehead atoms. The summed E-state index contributed by atoms with van der Waals surface area (Å²) in [5.74, 6) is -0.206. The van der Waals surface area contributed by atoms with Gasteiger partial charge in [-0.3, -0.25) is 4.79 Å². The highest BCUT2D eigenvalue weighted by Gasteiger charge is 2.27. The first kappa shape index (κ1) is 22.5. The van der Waals surface area contributed by atoms with E-state index in [2.05, 4.69) is 52.0 Å². The molecule has 12 nitrogen and oxygen atoms in total. The minimum atomic E-state index is -1.07. The topological polar surface area (TPSA) is 173 Å². The average molecular weight is 516 g/mol. The predicted molar refractivity (Wildman–Crippen MR) is 124 cm³/mol. The molecule has 0 aliphatic heterocycles. The van der Waals surface area contributed by atoms with Gasteiger partial charge in [-0.25, -0.2) is 9.78 Å². The molecule has 1 saturated carbocycles. The van der Waals surface area contributed by atoms with Crippen molar-refractivity contribution in [2.75, 3.05) is 10.6 Å². The highest BCUT2D eigenvalue weighted by atomic mass is 79.9. The van der Waals surface area contributed by atoms with E-state index in [1.54, 1.807) is 24.5 Å². The fourth-order valence-corrected chi connectivity index (χ4v) is 4.26. The molecular formula is C20H22BrN9O3. The second-order valence-corrected chi connectivity index (χ2v) is 8.47. The van der Waals surface area contributed by atoms with Gasteiger partial charge in [0.05, 0.1) is 24.1 Å². The maximum absolute atomic E-state index is 12.0. The van der Waals surface area contributed by atoms with Crippen molar-refractivity contribution in [2.24, 2.45) is 5.73 Å². The molecule has 3 aromatic rings. The summed E-state index contributed by atoms with van der Waals surface area (Å²) in [4.78, 5) is 33.2. The number of nitrogens with zero attached hydrogens (tertiary/aromatic N) is 5. The number of amides is 2. The average Bonchev–Trinajstić information content (AvgIpc) is 3.29. The molecule has 33 heavy (non-hydrogen) atoms. The second kappa shape index (κ2) is 9.81. The first-order valence-corrected chi connectivity index (χ1v) is 11.1. The van der Waals surface area contributed by atoms with E-state index < -0.39 is 12.0 Å². The fraction of sp³-hybridized carbons (Fsp3) is 0.300. The number of halogens is 1. The molecule has 2 aromatic heterocycles. The van der Waals surface area contributed by atoms with Crippen LogP contribution >= 0.6 is 15.9 Å². The number of benzene rings is 1. The summed E-state index contributed by atoms with van der Waals surface area (Å²) in [5.41, 5.74) is 6.95. The van der Waals surface area contributed by atoms with Crippen molar-refractivity contribution in [3.8, 4) is 5.69 Å². The number of nitrogens with two attached hydrogens (primary N) is 1. The largest absolute Gasteiger partial charge is 0.465 e. The number of primary amides is 1. The smallest absolute Gasteiger partial charge is 0.404 e. The maximum Gasteiger partial charge on any atom is 0.404 e. The van der Waals surface area contributed by atoms with E-state index in [-0.39, 0.29) is 29.4 Å². The molecule has 13 heteroatoms. The summed E-state index contributed by atoms with van der Waals surface area (Å²) in [6.45, 7) is 0. The Kier molecular flexibility index (Phi) is 6.68. The van der Waals surface area contributed by atoms with Crippen LogP contribution in [0.4, 0.5) is 22.2 Å². The van der Waals surface area contributed by atoms with Crippen LogP contribution in [-0.2, 0) is 0 Å². The Balaban J connectivity index is 1.61. The molecule has 0 spiro atoms. The predicted octanol–water partition coefficient (Wildman–Crippen LogP) is 2.65. The number of rotatable bonds is 7. The van der Waals surface area contributed by atoms with E-state index in [0.717, 1.165) is 30.2 Å². The molecule has 1 aliphatic rings. The maximum atomic E-state index is 12.0. The third kappa shape index (κ3) is 5.55. The highest BCUT2D eigenvalue weighted by molar-refractivity contribution is 9.10. The fourth-order valence-electron chi connectivity index (χ4n) is 3.78. The molecule has 0 radical (unpaired) electrons. The van der Waals surface area contributed by atoms with Gasteiger partial charge in [0.15, 0.2) is 0 Å². The number of hydrogen-bond acceptors (Lipinski definition) is 8. The molecule has 2 heterocycles. The summed E-state index contributed by atoms with van der Waals surface area (Å²) in [5, 5.41) is 26.2. The molecule has 0 saturated heterocycles. The van der Waals surface area contributed by atoms with Crippen LogP contribution in [0.15, 0.2) is 41.3 Å². The number of aromatic nitrogens is 5. The van der Waals surface area contributed by atoms with Gasteiger partial charge in [0.25, 0.3) is 5.91 Å². The van der Waals surface area contributed by atoms with Gasteiger partial charge in [0.2, 0.25) is 5.95 Å². The van der Waals surface area contributed by atoms with E-state index in [1.165, 1.54) is 11.0 Å². The number of hydrogen-bond donors (Lipinski definition) is 5. The van der Waals surface area contributed by atoms with Crippen LogP contribution in [0.25, 0.3) is 5.69 Å². The number of carbonyl (C=O) groups excluding carboxylic acids is 1. The molecule has 6 N–H and O–H groups in total. The number of nitrogens with one attached hydrogen (secondary N) is 3. The Hall–Kier alpha value is -3.74. The van der Waals surface area contributed by atoms with Crippen molar-refractivity contribution in [3.05, 3.63) is 46.8 Å². The third-order valence-corrected chi connectivity index (χ3v) is 5.70. The molecule has 2 unspecified atom stereocenters. The van der Waals surface area contributed by atoms with Gasteiger partial charge < -0.3 is 26.8 Å². The molecule has 2 amide bonds. The number of carboxylic acid groups (broad SMARTS) is 1. The summed E-state index contributed by atoms with van der Waals surface area (Å²) in [7, 11) is 0. The zero-order chi connectivity index (χ0) is 23.4. The molecule has 2 atom stereocenters. The normalized spacial score (nSPS) is 17.8. The van der Waals surface area contributed by atoms with Crippen molar-refractivity contribution < 1.29 is 14.7 Å². The van der Waals surface area contributed by atoms with Crippen LogP contribution in [0.2, 0.25) is 0 Å². The van der Waals surface area contributed by atoms with Crippen LogP contribution in [0, 0.1) is 0 Å². The van der Waals surface area contributed by atoms with Crippen molar-refractivity contribution in [2.45, 2.75) is 37.8 Å². The molecule has 1 aromatic carbocycles. The van der Waals surface area contributed by atoms with Crippen molar-refractivity contribution in [1.29, 1.82) is 0 Å². The summed E-state index contributed by atoms with van der Waals surface area (Å²) in [6, 6.07) is 5.00. The van der Waals surface area contributed by atoms with Gasteiger partial charge in [-0.05, 0) is 31.0 Å². The molecule has 4 rings (SSSR count). The third-order valence-electron chi connectivity index (χ3n) is 5.24. The van der Waals surface area contributed by atoms with Crippen LogP contribution in [0.5, 0.6) is 0 Å². The van der Waals surface area contributed by atoms with E-state index in [1.807, 2.05) is 6.07 Å². The highest BCUT2D eigenvalue weighted by Crippen LogP contribution is 2.27. The molecule has 1 aliphatic carbocycles. The summed E-state index contributed by atoms with van der Waals surface area (Å²) in [6.07, 6.45) is 6.79. The van der Waals surface area contributed by atoms with Gasteiger partial charge in [-0.15, -0.1) is 0 Å². The van der Waals surface area contributed by atoms with E-state index in [4.69, 9.17) is 10.8 Å². The minimum absolute atomic E-state index is 0.114. The Morgan fingerprint density at radius 3 is 2.55 bits per heavy atom. The lowest BCUT2D eigenvalue weighted by atomic mass is 9.90. The Bertz CT molecular complexity index is 1160. The molecule has 1 fully saturated rings. The second-order valence-electron chi connectivity index (χ2n) is 7.55. The Morgan fingerprint density at radius 2 is 1.85 bits per heavy atom. The minimum Gasteiger partial charge on any atom is -0.465 e. The standard InChI is InChI=1S/C20H22BrN9O3/c21-11-7-12(9-13(8-11)30-24-5-6-25-30)26-18-14(17(22)31)10-23-19(29-18)27-15-3-1-2-4-16(15)28-20(32)33/h5-10,15-16,28H,1-4H2,(H2,22,31)(H,32,33)(H2,23,26,27,29). The van der Waals surface area contributed by atoms with Crippen LogP contribution in [-0.4, -0.2) is 54.2 Å². The van der Waals surface area contributed by atoms with Gasteiger partial charge in [0, 0.05) is 22.4 Å². The Labute approximate surface area is 197 Å². The van der Waals surface area contributed by atoms with Gasteiger partial charge >= 0.3 is 6.09 Å². The van der Waals surface area contributed by atoms with Crippen molar-refractivity contribution in [1.82, 2.24) is 30.3 Å². The zero-order valence-corrected chi connectivity index (χ0v) is 19.0. The number of anilines is 3. The monoisotopic (exact) mass is 515 g/mol. The van der Waals surface area contributed by atoms with Gasteiger partial charge in [0.1, 0.15) is 11.4 Å². The number of carbonyl (C=O) groups is 2. The van der Waals surface area contributed by atoms with E-state index >= 15 is 0 Å². The summed E-state index contributed by atoms with van der Waals surface area (Å²) >= 11 is 3.47. The van der Waals surface area contributed by atoms with E-state index in [9.17, 15) is 9.59 Å². The van der Waals surface area contributed by atoms with Gasteiger partial charge in [-0.1, -0.05) is 28.8 Å². The first-order valence-electron chi connectivity index (χ1n) is 10.3. The van der Waals surface area contributed by atoms with Crippen molar-refractivity contribution >= 4 is 45.4 Å². The lowest BCUT2D eigenvalue weighted by Gasteiger charge is -2.32. The lowest BCUT2D eigenvalue weighted by molar-refractivity contribution is 0.100. The molecule has 172 valence electrons. The SMILES string of the molecule is NC(=O)c1cnc(NC2CCCCC2NC(=O)O)nc1Nc1cc(Br)cc(-n2nccn2)c1. The van der Waals surface area contributed by atoms with E-state index in [0.29, 0.717) is 11.4 Å². The van der Waals surface area contributed by atoms with Crippen LogP contribution in [0.1, 0.15) is 36.0 Å². The zero-order valence-electron chi connectivity index (χ0n) is 17.4. The van der Waals surface area contributed by atoms with Gasteiger partial charge in [-0.2, -0.15) is 20.0 Å². The molecular weight excluding hydrogens is 494 g/mol. The van der Waals surface area contributed by atoms with Crippen LogP contribution < -0.4 is 21.7 Å². The first-order chi connectivity index (χ1) is 15.9. The van der Waals surface area contributed by atoms with Crippen molar-refractivity contribution in [3.63, 3.8) is 0 Å². The summed E-state index contributed by atoms with van der Waals surface area (Å²) < 4.78 is 0.762.